The summed E-state index contributed by atoms with van der Waals surface area (Å²) in [5, 5.41) is 7.56. The van der Waals surface area contributed by atoms with E-state index in [9.17, 15) is 0 Å². The van der Waals surface area contributed by atoms with E-state index in [1.54, 1.807) is 0 Å². The van der Waals surface area contributed by atoms with Gasteiger partial charge in [0.15, 0.2) is 0 Å². The largest absolute Gasteiger partial charge is 0.311 e. The van der Waals surface area contributed by atoms with Crippen molar-refractivity contribution in [3.8, 4) is 0 Å². The van der Waals surface area contributed by atoms with Gasteiger partial charge in [0, 0.05) is 7.05 Å². The van der Waals surface area contributed by atoms with Gasteiger partial charge in [0.25, 0.3) is 0 Å². The Bertz CT molecular complexity index is 292. The summed E-state index contributed by atoms with van der Waals surface area (Å²) < 4.78 is 2.98. The fourth-order valence-corrected chi connectivity index (χ4v) is 2.30. The third kappa shape index (κ3) is 2.17. The van der Waals surface area contributed by atoms with E-state index in [1.165, 1.54) is 5.69 Å². The minimum Gasteiger partial charge on any atom is -0.311 e. The molecule has 3 nitrogen and oxygen atoms in total. The SMILES string of the molecule is CNC(c1c(Br)cnn1C)C(C)(C)C. The average Bonchev–Trinajstić information content (AvgIpc) is 2.34. The Morgan fingerprint density at radius 2 is 2.07 bits per heavy atom. The zero-order valence-electron chi connectivity index (χ0n) is 9.43. The molecule has 1 rings (SSSR count). The van der Waals surface area contributed by atoms with Crippen LogP contribution in [0.25, 0.3) is 0 Å². The van der Waals surface area contributed by atoms with Crippen LogP contribution in [0.4, 0.5) is 0 Å². The Kier molecular flexibility index (Phi) is 3.37. The van der Waals surface area contributed by atoms with Crippen LogP contribution in [-0.4, -0.2) is 16.8 Å². The minimum atomic E-state index is 0.172. The van der Waals surface area contributed by atoms with Gasteiger partial charge in [0.2, 0.25) is 0 Å². The van der Waals surface area contributed by atoms with Crippen molar-refractivity contribution in [2.24, 2.45) is 12.5 Å². The van der Waals surface area contributed by atoms with Crippen molar-refractivity contribution in [2.75, 3.05) is 7.05 Å². The Morgan fingerprint density at radius 1 is 1.50 bits per heavy atom. The van der Waals surface area contributed by atoms with Gasteiger partial charge >= 0.3 is 0 Å². The molecule has 0 saturated heterocycles. The van der Waals surface area contributed by atoms with Gasteiger partial charge in [-0.05, 0) is 28.4 Å². The van der Waals surface area contributed by atoms with Crippen molar-refractivity contribution in [1.29, 1.82) is 0 Å². The number of aromatic nitrogens is 2. The summed E-state index contributed by atoms with van der Waals surface area (Å²) in [6.45, 7) is 6.65. The molecular formula is C10H18BrN3. The van der Waals surface area contributed by atoms with E-state index in [4.69, 9.17) is 0 Å². The number of rotatable bonds is 2. The molecule has 1 heterocycles. The van der Waals surface area contributed by atoms with E-state index < -0.39 is 0 Å². The van der Waals surface area contributed by atoms with Crippen LogP contribution in [0.15, 0.2) is 10.7 Å². The number of nitrogens with zero attached hydrogens (tertiary/aromatic N) is 2. The summed E-state index contributed by atoms with van der Waals surface area (Å²) in [6, 6.07) is 0.296. The predicted molar refractivity (Wildman–Crippen MR) is 62.2 cm³/mol. The standard InChI is InChI=1S/C10H18BrN3/c1-10(2,3)9(12-4)8-7(11)6-13-14(8)5/h6,9,12H,1-5H3. The lowest BCUT2D eigenvalue weighted by Crippen LogP contribution is -2.31. The number of hydrogen-bond acceptors (Lipinski definition) is 2. The van der Waals surface area contributed by atoms with Crippen LogP contribution in [0.2, 0.25) is 0 Å². The Balaban J connectivity index is 3.13. The Hall–Kier alpha value is -0.350. The molecule has 1 aromatic heterocycles. The fourth-order valence-electron chi connectivity index (χ4n) is 1.72. The third-order valence-electron chi connectivity index (χ3n) is 2.37. The monoisotopic (exact) mass is 259 g/mol. The molecule has 80 valence electrons. The molecule has 0 fully saturated rings. The van der Waals surface area contributed by atoms with Gasteiger partial charge in [-0.3, -0.25) is 4.68 Å². The molecule has 0 saturated carbocycles. The van der Waals surface area contributed by atoms with Crippen LogP contribution in [0, 0.1) is 5.41 Å². The molecule has 1 aromatic rings. The molecule has 0 radical (unpaired) electrons. The van der Waals surface area contributed by atoms with Gasteiger partial charge in [0.1, 0.15) is 0 Å². The van der Waals surface area contributed by atoms with Crippen LogP contribution < -0.4 is 5.32 Å². The first-order valence-electron chi connectivity index (χ1n) is 4.72. The van der Waals surface area contributed by atoms with E-state index in [0.29, 0.717) is 6.04 Å². The second kappa shape index (κ2) is 4.03. The van der Waals surface area contributed by atoms with Gasteiger partial charge in [-0.2, -0.15) is 5.10 Å². The summed E-state index contributed by atoms with van der Waals surface area (Å²) in [4.78, 5) is 0. The van der Waals surface area contributed by atoms with Crippen LogP contribution >= 0.6 is 15.9 Å². The molecule has 14 heavy (non-hydrogen) atoms. The van der Waals surface area contributed by atoms with Gasteiger partial charge in [-0.15, -0.1) is 0 Å². The topological polar surface area (TPSA) is 29.9 Å². The number of aryl methyl sites for hydroxylation is 1. The van der Waals surface area contributed by atoms with Crippen LogP contribution in [-0.2, 0) is 7.05 Å². The van der Waals surface area contributed by atoms with Gasteiger partial charge in [-0.25, -0.2) is 0 Å². The molecule has 0 spiro atoms. The van der Waals surface area contributed by atoms with E-state index in [2.05, 4.69) is 47.1 Å². The predicted octanol–water partition coefficient (Wildman–Crippen LogP) is 2.49. The highest BCUT2D eigenvalue weighted by atomic mass is 79.9. The smallest absolute Gasteiger partial charge is 0.0697 e. The molecule has 0 aliphatic heterocycles. The quantitative estimate of drug-likeness (QED) is 0.885. The highest BCUT2D eigenvalue weighted by molar-refractivity contribution is 9.10. The zero-order valence-corrected chi connectivity index (χ0v) is 11.0. The highest BCUT2D eigenvalue weighted by Gasteiger charge is 2.28. The van der Waals surface area contributed by atoms with Crippen molar-refractivity contribution in [3.05, 3.63) is 16.4 Å². The Labute approximate surface area is 94.0 Å². The number of halogens is 1. The van der Waals surface area contributed by atoms with Crippen molar-refractivity contribution in [1.82, 2.24) is 15.1 Å². The van der Waals surface area contributed by atoms with E-state index in [0.717, 1.165) is 4.47 Å². The molecule has 4 heteroatoms. The normalized spacial score (nSPS) is 14.4. The molecule has 0 aliphatic rings. The van der Waals surface area contributed by atoms with Crippen molar-refractivity contribution >= 4 is 15.9 Å². The maximum atomic E-state index is 4.23. The summed E-state index contributed by atoms with van der Waals surface area (Å²) in [7, 11) is 3.95. The van der Waals surface area contributed by atoms with Crippen molar-refractivity contribution < 1.29 is 0 Å². The lowest BCUT2D eigenvalue weighted by molar-refractivity contribution is 0.274. The van der Waals surface area contributed by atoms with Gasteiger partial charge in [-0.1, -0.05) is 20.8 Å². The van der Waals surface area contributed by atoms with E-state index in [-0.39, 0.29) is 5.41 Å². The average molecular weight is 260 g/mol. The highest BCUT2D eigenvalue weighted by Crippen LogP contribution is 2.35. The first kappa shape index (κ1) is 11.7. The molecule has 0 aromatic carbocycles. The van der Waals surface area contributed by atoms with E-state index >= 15 is 0 Å². The molecule has 1 N–H and O–H groups in total. The summed E-state index contributed by atoms with van der Waals surface area (Å²) in [5.41, 5.74) is 1.37. The maximum Gasteiger partial charge on any atom is 0.0697 e. The second-order valence-corrected chi connectivity index (χ2v) is 5.44. The Morgan fingerprint density at radius 3 is 2.36 bits per heavy atom. The lowest BCUT2D eigenvalue weighted by Gasteiger charge is -2.30. The molecule has 1 atom stereocenters. The number of hydrogen-bond donors (Lipinski definition) is 1. The molecule has 0 bridgehead atoms. The van der Waals surface area contributed by atoms with Gasteiger partial charge in [0.05, 0.1) is 22.4 Å². The lowest BCUT2D eigenvalue weighted by atomic mass is 9.85. The summed E-state index contributed by atoms with van der Waals surface area (Å²) in [5.74, 6) is 0. The fraction of sp³-hybridized carbons (Fsp3) is 0.700. The van der Waals surface area contributed by atoms with Crippen molar-refractivity contribution in [2.45, 2.75) is 26.8 Å². The van der Waals surface area contributed by atoms with E-state index in [1.807, 2.05) is 25.0 Å². The van der Waals surface area contributed by atoms with Crippen molar-refractivity contribution in [3.63, 3.8) is 0 Å². The summed E-state index contributed by atoms with van der Waals surface area (Å²) in [6.07, 6.45) is 1.84. The second-order valence-electron chi connectivity index (χ2n) is 4.59. The van der Waals surface area contributed by atoms with Crippen LogP contribution in [0.5, 0.6) is 0 Å². The maximum absolute atomic E-state index is 4.23. The van der Waals surface area contributed by atoms with Crippen LogP contribution in [0.3, 0.4) is 0 Å². The third-order valence-corrected chi connectivity index (χ3v) is 2.98. The first-order chi connectivity index (χ1) is 6.38. The molecular weight excluding hydrogens is 242 g/mol. The molecule has 0 aliphatic carbocycles. The minimum absolute atomic E-state index is 0.172. The number of nitrogens with one attached hydrogen (secondary N) is 1. The van der Waals surface area contributed by atoms with Gasteiger partial charge < -0.3 is 5.32 Å². The molecule has 1 unspecified atom stereocenters. The summed E-state index contributed by atoms with van der Waals surface area (Å²) >= 11 is 3.53. The first-order valence-corrected chi connectivity index (χ1v) is 5.52. The van der Waals surface area contributed by atoms with Crippen LogP contribution in [0.1, 0.15) is 32.5 Å². The zero-order chi connectivity index (χ0) is 10.9. The molecule has 0 amide bonds.